The number of piperazine rings is 1. The number of hydrogen-bond donors (Lipinski definition) is 1. The Hall–Kier alpha value is -2.94. The van der Waals surface area contributed by atoms with E-state index < -0.39 is 36.6 Å². The van der Waals surface area contributed by atoms with E-state index in [0.717, 1.165) is 11.6 Å². The molecule has 2 heterocycles. The van der Waals surface area contributed by atoms with E-state index in [0.29, 0.717) is 17.5 Å². The second-order valence-corrected chi connectivity index (χ2v) is 11.6. The van der Waals surface area contributed by atoms with Gasteiger partial charge in [-0.3, -0.25) is 0 Å². The molecule has 1 unspecified atom stereocenters. The van der Waals surface area contributed by atoms with E-state index in [1.165, 1.54) is 23.5 Å². The van der Waals surface area contributed by atoms with Crippen molar-refractivity contribution in [2.24, 2.45) is 5.14 Å². The average molecular weight is 545 g/mol. The Balaban J connectivity index is 1.76. The number of anilines is 1. The Morgan fingerprint density at radius 2 is 1.72 bits per heavy atom. The zero-order chi connectivity index (χ0) is 26.3. The standard InChI is InChI=1S/C22H23F3N4O5S2/c1-34-19-9-8-18(17-7-10-20(27-21(17)19)35(30,31)22(23,24)25)28-11-12-29(36(26,32)33)16(14-28)13-15-5-3-2-4-6-15/h2-10,16H,11-14H2,1H3,(H2,26,32,33). The van der Waals surface area contributed by atoms with Crippen molar-refractivity contribution in [3.8, 4) is 5.75 Å². The molecule has 1 aliphatic rings. The van der Waals surface area contributed by atoms with Gasteiger partial charge in [0, 0.05) is 36.7 Å². The van der Waals surface area contributed by atoms with Gasteiger partial charge in [-0.15, -0.1) is 0 Å². The van der Waals surface area contributed by atoms with Crippen LogP contribution in [-0.2, 0) is 26.5 Å². The van der Waals surface area contributed by atoms with Gasteiger partial charge in [0.2, 0.25) is 0 Å². The number of nitrogens with zero attached hydrogens (tertiary/aromatic N) is 3. The van der Waals surface area contributed by atoms with Gasteiger partial charge in [0.25, 0.3) is 20.0 Å². The summed E-state index contributed by atoms with van der Waals surface area (Å²) in [5, 5.41) is 4.68. The molecule has 2 aromatic carbocycles. The zero-order valence-electron chi connectivity index (χ0n) is 19.0. The van der Waals surface area contributed by atoms with Crippen molar-refractivity contribution in [3.63, 3.8) is 0 Å². The second-order valence-electron chi connectivity index (χ2n) is 8.23. The lowest BCUT2D eigenvalue weighted by molar-refractivity contribution is -0.0438. The quantitative estimate of drug-likeness (QED) is 0.506. The normalized spacial score (nSPS) is 17.9. The molecule has 2 N–H and O–H groups in total. The van der Waals surface area contributed by atoms with Crippen LogP contribution in [0.25, 0.3) is 10.9 Å². The molecule has 0 saturated carbocycles. The fraction of sp³-hybridized carbons (Fsp3) is 0.318. The maximum atomic E-state index is 13.1. The van der Waals surface area contributed by atoms with Crippen LogP contribution in [-0.4, -0.2) is 64.4 Å². The van der Waals surface area contributed by atoms with E-state index in [4.69, 9.17) is 9.88 Å². The lowest BCUT2D eigenvalue weighted by Crippen LogP contribution is -2.57. The molecule has 9 nitrogen and oxygen atoms in total. The SMILES string of the molecule is COc1ccc(N2CCN(S(N)(=O)=O)C(Cc3ccccc3)C2)c2ccc(S(=O)(=O)C(F)(F)F)nc12. The van der Waals surface area contributed by atoms with Crippen LogP contribution in [0.3, 0.4) is 0 Å². The fourth-order valence-electron chi connectivity index (χ4n) is 4.31. The number of aromatic nitrogens is 1. The van der Waals surface area contributed by atoms with Gasteiger partial charge in [-0.05, 0) is 36.2 Å². The predicted octanol–water partition coefficient (Wildman–Crippen LogP) is 2.47. The highest BCUT2D eigenvalue weighted by molar-refractivity contribution is 7.92. The van der Waals surface area contributed by atoms with Crippen molar-refractivity contribution in [1.82, 2.24) is 9.29 Å². The fourth-order valence-corrected chi connectivity index (χ4v) is 5.90. The Morgan fingerprint density at radius 3 is 2.33 bits per heavy atom. The molecule has 0 spiro atoms. The smallest absolute Gasteiger partial charge is 0.494 e. The number of methoxy groups -OCH3 is 1. The first-order valence-corrected chi connectivity index (χ1v) is 13.7. The van der Waals surface area contributed by atoms with Gasteiger partial charge in [-0.1, -0.05) is 30.3 Å². The molecule has 194 valence electrons. The predicted molar refractivity (Wildman–Crippen MR) is 127 cm³/mol. The lowest BCUT2D eigenvalue weighted by atomic mass is 10.0. The van der Waals surface area contributed by atoms with Crippen LogP contribution >= 0.6 is 0 Å². The maximum Gasteiger partial charge on any atom is 0.503 e. The lowest BCUT2D eigenvalue weighted by Gasteiger charge is -2.41. The number of ether oxygens (including phenoxy) is 1. The Kier molecular flexibility index (Phi) is 6.90. The van der Waals surface area contributed by atoms with Gasteiger partial charge in [0.05, 0.1) is 7.11 Å². The van der Waals surface area contributed by atoms with E-state index in [-0.39, 0.29) is 30.9 Å². The molecular formula is C22H23F3N4O5S2. The van der Waals surface area contributed by atoms with Gasteiger partial charge in [0.15, 0.2) is 5.03 Å². The minimum atomic E-state index is -5.67. The van der Waals surface area contributed by atoms with E-state index in [2.05, 4.69) is 4.98 Å². The summed E-state index contributed by atoms with van der Waals surface area (Å²) >= 11 is 0. The molecule has 0 bridgehead atoms. The summed E-state index contributed by atoms with van der Waals surface area (Å²) < 4.78 is 94.1. The van der Waals surface area contributed by atoms with Crippen LogP contribution in [0.2, 0.25) is 0 Å². The van der Waals surface area contributed by atoms with E-state index >= 15 is 0 Å². The van der Waals surface area contributed by atoms with Gasteiger partial charge < -0.3 is 9.64 Å². The first-order chi connectivity index (χ1) is 16.8. The largest absolute Gasteiger partial charge is 0.503 e. The average Bonchev–Trinajstić information content (AvgIpc) is 2.82. The highest BCUT2D eigenvalue weighted by Gasteiger charge is 2.48. The van der Waals surface area contributed by atoms with E-state index in [1.807, 2.05) is 35.2 Å². The number of hydrogen-bond acceptors (Lipinski definition) is 7. The number of pyridine rings is 1. The van der Waals surface area contributed by atoms with Crippen LogP contribution in [0.15, 0.2) is 59.6 Å². The minimum absolute atomic E-state index is 0.0613. The van der Waals surface area contributed by atoms with E-state index in [9.17, 15) is 30.0 Å². The molecule has 1 atom stereocenters. The zero-order valence-corrected chi connectivity index (χ0v) is 20.6. The number of alkyl halides is 3. The minimum Gasteiger partial charge on any atom is -0.494 e. The molecule has 1 aliphatic heterocycles. The molecule has 0 amide bonds. The number of rotatable bonds is 6. The second kappa shape index (κ2) is 9.50. The van der Waals surface area contributed by atoms with Gasteiger partial charge in [-0.25, -0.2) is 18.5 Å². The third-order valence-corrected chi connectivity index (χ3v) is 8.50. The molecule has 14 heteroatoms. The van der Waals surface area contributed by atoms with E-state index in [1.54, 1.807) is 6.07 Å². The highest BCUT2D eigenvalue weighted by atomic mass is 32.2. The molecule has 0 radical (unpaired) electrons. The van der Waals surface area contributed by atoms with Gasteiger partial charge in [0.1, 0.15) is 11.3 Å². The van der Waals surface area contributed by atoms with Crippen LogP contribution < -0.4 is 14.8 Å². The molecule has 1 aromatic heterocycles. The number of sulfone groups is 1. The molecule has 36 heavy (non-hydrogen) atoms. The number of fused-ring (bicyclic) bond motifs is 1. The third kappa shape index (κ3) is 4.98. The topological polar surface area (TPSA) is 123 Å². The summed E-state index contributed by atoms with van der Waals surface area (Å²) in [7, 11) is -8.36. The summed E-state index contributed by atoms with van der Waals surface area (Å²) in [5.74, 6) is 0.0944. The number of benzene rings is 2. The Bertz CT molecular complexity index is 1480. The van der Waals surface area contributed by atoms with Crippen LogP contribution in [0.1, 0.15) is 5.56 Å². The molecule has 3 aromatic rings. The first-order valence-electron chi connectivity index (χ1n) is 10.7. The molecular weight excluding hydrogens is 521 g/mol. The summed E-state index contributed by atoms with van der Waals surface area (Å²) in [5.41, 5.74) is -4.12. The number of nitrogens with two attached hydrogens (primary N) is 1. The van der Waals surface area contributed by atoms with Crippen molar-refractivity contribution < 1.29 is 34.7 Å². The highest BCUT2D eigenvalue weighted by Crippen LogP contribution is 2.37. The summed E-state index contributed by atoms with van der Waals surface area (Å²) in [4.78, 5) is 5.67. The molecule has 1 fully saturated rings. The third-order valence-electron chi connectivity index (χ3n) is 5.98. The number of halogens is 3. The van der Waals surface area contributed by atoms with Crippen LogP contribution in [0.4, 0.5) is 18.9 Å². The molecule has 1 saturated heterocycles. The molecule has 4 rings (SSSR count). The van der Waals surface area contributed by atoms with Gasteiger partial charge in [-0.2, -0.15) is 25.9 Å². The van der Waals surface area contributed by atoms with Crippen LogP contribution in [0.5, 0.6) is 5.75 Å². The summed E-state index contributed by atoms with van der Waals surface area (Å²) in [6.45, 7) is 0.554. The maximum absolute atomic E-state index is 13.1. The summed E-state index contributed by atoms with van der Waals surface area (Å²) in [6.07, 6.45) is 0.383. The Labute approximate surface area is 206 Å². The van der Waals surface area contributed by atoms with Crippen molar-refractivity contribution in [3.05, 3.63) is 60.2 Å². The van der Waals surface area contributed by atoms with Gasteiger partial charge >= 0.3 is 5.51 Å². The first kappa shape index (κ1) is 26.1. The monoisotopic (exact) mass is 544 g/mol. The van der Waals surface area contributed by atoms with Crippen molar-refractivity contribution in [2.45, 2.75) is 23.0 Å². The van der Waals surface area contributed by atoms with Crippen molar-refractivity contribution in [1.29, 1.82) is 0 Å². The van der Waals surface area contributed by atoms with Crippen molar-refractivity contribution in [2.75, 3.05) is 31.6 Å². The Morgan fingerprint density at radius 1 is 1.03 bits per heavy atom. The summed E-state index contributed by atoms with van der Waals surface area (Å²) in [6, 6.07) is 13.9. The molecule has 0 aliphatic carbocycles. The van der Waals surface area contributed by atoms with Crippen molar-refractivity contribution >= 4 is 36.6 Å². The van der Waals surface area contributed by atoms with Crippen LogP contribution in [0, 0.1) is 0 Å².